The average molecular weight is 325 g/mol. The zero-order valence-electron chi connectivity index (χ0n) is 12.1. The molecule has 0 spiro atoms. The lowest BCUT2D eigenvalue weighted by Gasteiger charge is -2.16. The monoisotopic (exact) mass is 324 g/mol. The van der Waals surface area contributed by atoms with Crippen LogP contribution in [-0.4, -0.2) is 13.2 Å². The predicted octanol–water partition coefficient (Wildman–Crippen LogP) is 5.47. The molecule has 21 heavy (non-hydrogen) atoms. The van der Waals surface area contributed by atoms with Gasteiger partial charge >= 0.3 is 0 Å². The normalized spacial score (nSPS) is 12.0. The molecule has 0 amide bonds. The van der Waals surface area contributed by atoms with E-state index in [1.165, 1.54) is 0 Å². The molecule has 0 aromatic heterocycles. The van der Waals surface area contributed by atoms with E-state index in [-0.39, 0.29) is 5.38 Å². The van der Waals surface area contributed by atoms with Crippen molar-refractivity contribution in [3.63, 3.8) is 0 Å². The molecule has 0 bridgehead atoms. The van der Waals surface area contributed by atoms with Gasteiger partial charge in [0.25, 0.3) is 0 Å². The molecule has 4 heteroatoms. The molecule has 0 N–H and O–H groups in total. The maximum atomic E-state index is 6.56. The van der Waals surface area contributed by atoms with E-state index in [4.69, 9.17) is 32.7 Å². The number of halogens is 2. The molecule has 0 radical (unpaired) electrons. The van der Waals surface area contributed by atoms with E-state index in [0.29, 0.717) is 24.0 Å². The summed E-state index contributed by atoms with van der Waals surface area (Å²) in [5, 5.41) is 0.331. The van der Waals surface area contributed by atoms with Crippen LogP contribution in [0.15, 0.2) is 42.5 Å². The highest BCUT2D eigenvalue weighted by atomic mass is 35.5. The molecule has 2 aromatic carbocycles. The standard InChI is InChI=1S/C17H18Cl2O2/c1-3-20-15-10-9-12(11-16(15)21-4-2)17(19)13-7-5-6-8-14(13)18/h5-11,17H,3-4H2,1-2H3. The lowest BCUT2D eigenvalue weighted by Crippen LogP contribution is -2.01. The quantitative estimate of drug-likeness (QED) is 0.656. The van der Waals surface area contributed by atoms with E-state index in [9.17, 15) is 0 Å². The molecule has 2 rings (SSSR count). The van der Waals surface area contributed by atoms with Crippen LogP contribution in [0, 0.1) is 0 Å². The fourth-order valence-corrected chi connectivity index (χ4v) is 2.71. The zero-order chi connectivity index (χ0) is 15.2. The Bertz CT molecular complexity index is 599. The second-order valence-electron chi connectivity index (χ2n) is 4.46. The minimum atomic E-state index is -0.325. The van der Waals surface area contributed by atoms with Gasteiger partial charge in [0.05, 0.1) is 18.6 Å². The van der Waals surface area contributed by atoms with Gasteiger partial charge in [0, 0.05) is 5.02 Å². The van der Waals surface area contributed by atoms with Gasteiger partial charge in [0.1, 0.15) is 0 Å². The van der Waals surface area contributed by atoms with Gasteiger partial charge in [-0.2, -0.15) is 0 Å². The third-order valence-electron chi connectivity index (χ3n) is 3.04. The van der Waals surface area contributed by atoms with Gasteiger partial charge in [-0.05, 0) is 43.2 Å². The van der Waals surface area contributed by atoms with E-state index in [2.05, 4.69) is 0 Å². The van der Waals surface area contributed by atoms with Crippen molar-refractivity contribution < 1.29 is 9.47 Å². The van der Waals surface area contributed by atoms with Crippen molar-refractivity contribution in [2.75, 3.05) is 13.2 Å². The molecule has 0 heterocycles. The average Bonchev–Trinajstić information content (AvgIpc) is 2.49. The summed E-state index contributed by atoms with van der Waals surface area (Å²) in [4.78, 5) is 0. The smallest absolute Gasteiger partial charge is 0.161 e. The molecular weight excluding hydrogens is 307 g/mol. The molecule has 2 nitrogen and oxygen atoms in total. The highest BCUT2D eigenvalue weighted by molar-refractivity contribution is 6.33. The Kier molecular flexibility index (Phi) is 5.77. The maximum absolute atomic E-state index is 6.56. The fraction of sp³-hybridized carbons (Fsp3) is 0.294. The summed E-state index contributed by atoms with van der Waals surface area (Å²) >= 11 is 12.8. The fourth-order valence-electron chi connectivity index (χ4n) is 2.09. The first-order chi connectivity index (χ1) is 10.2. The minimum Gasteiger partial charge on any atom is -0.490 e. The summed E-state index contributed by atoms with van der Waals surface area (Å²) < 4.78 is 11.2. The minimum absolute atomic E-state index is 0.325. The third kappa shape index (κ3) is 3.84. The summed E-state index contributed by atoms with van der Waals surface area (Å²) in [6.07, 6.45) is 0. The molecular formula is C17H18Cl2O2. The number of rotatable bonds is 6. The van der Waals surface area contributed by atoms with Crippen LogP contribution in [-0.2, 0) is 0 Å². The summed E-state index contributed by atoms with van der Waals surface area (Å²) in [6.45, 7) is 5.04. The molecule has 0 aliphatic heterocycles. The highest BCUT2D eigenvalue weighted by Gasteiger charge is 2.16. The molecule has 0 fully saturated rings. The van der Waals surface area contributed by atoms with Crippen LogP contribution in [0.4, 0.5) is 0 Å². The van der Waals surface area contributed by atoms with Crippen molar-refractivity contribution in [3.05, 3.63) is 58.6 Å². The topological polar surface area (TPSA) is 18.5 Å². The van der Waals surface area contributed by atoms with Crippen LogP contribution in [0.2, 0.25) is 5.02 Å². The first kappa shape index (κ1) is 16.0. The summed E-state index contributed by atoms with van der Waals surface area (Å²) in [6, 6.07) is 13.3. The van der Waals surface area contributed by atoms with Gasteiger partial charge in [-0.3, -0.25) is 0 Å². The van der Waals surface area contributed by atoms with Crippen LogP contribution in [0.3, 0.4) is 0 Å². The zero-order valence-corrected chi connectivity index (χ0v) is 13.6. The highest BCUT2D eigenvalue weighted by Crippen LogP contribution is 2.37. The largest absolute Gasteiger partial charge is 0.490 e. The van der Waals surface area contributed by atoms with Crippen molar-refractivity contribution >= 4 is 23.2 Å². The van der Waals surface area contributed by atoms with E-state index in [1.54, 1.807) is 0 Å². The van der Waals surface area contributed by atoms with E-state index in [0.717, 1.165) is 16.9 Å². The van der Waals surface area contributed by atoms with Crippen LogP contribution in [0.5, 0.6) is 11.5 Å². The Labute approximate surface area is 135 Å². The van der Waals surface area contributed by atoms with E-state index < -0.39 is 0 Å². The molecule has 1 unspecified atom stereocenters. The molecule has 0 aliphatic carbocycles. The van der Waals surface area contributed by atoms with Crippen LogP contribution >= 0.6 is 23.2 Å². The first-order valence-electron chi connectivity index (χ1n) is 6.95. The Balaban J connectivity index is 2.35. The second kappa shape index (κ2) is 7.58. The molecule has 112 valence electrons. The van der Waals surface area contributed by atoms with Crippen molar-refractivity contribution in [1.82, 2.24) is 0 Å². The Morgan fingerprint density at radius 1 is 0.952 bits per heavy atom. The van der Waals surface area contributed by atoms with Gasteiger partial charge in [-0.25, -0.2) is 0 Å². The summed E-state index contributed by atoms with van der Waals surface area (Å²) in [7, 11) is 0. The van der Waals surface area contributed by atoms with Crippen LogP contribution < -0.4 is 9.47 Å². The van der Waals surface area contributed by atoms with Crippen molar-refractivity contribution in [2.24, 2.45) is 0 Å². The van der Waals surface area contributed by atoms with Gasteiger partial charge in [0.2, 0.25) is 0 Å². The number of hydrogen-bond donors (Lipinski definition) is 0. The number of alkyl halides is 1. The van der Waals surface area contributed by atoms with Crippen molar-refractivity contribution in [3.8, 4) is 11.5 Å². The van der Waals surface area contributed by atoms with E-state index in [1.807, 2.05) is 56.3 Å². The number of ether oxygens (including phenoxy) is 2. The summed E-state index contributed by atoms with van der Waals surface area (Å²) in [5.74, 6) is 1.43. The SMILES string of the molecule is CCOc1ccc(C(Cl)c2ccccc2Cl)cc1OCC. The van der Waals surface area contributed by atoms with Crippen molar-refractivity contribution in [1.29, 1.82) is 0 Å². The Hall–Kier alpha value is -1.38. The van der Waals surface area contributed by atoms with Gasteiger partial charge in [-0.1, -0.05) is 35.9 Å². The van der Waals surface area contributed by atoms with Gasteiger partial charge < -0.3 is 9.47 Å². The van der Waals surface area contributed by atoms with Crippen LogP contribution in [0.25, 0.3) is 0 Å². The molecule has 0 aliphatic rings. The molecule has 0 saturated heterocycles. The molecule has 2 aromatic rings. The van der Waals surface area contributed by atoms with E-state index >= 15 is 0 Å². The number of benzene rings is 2. The second-order valence-corrected chi connectivity index (χ2v) is 5.30. The third-order valence-corrected chi connectivity index (χ3v) is 3.87. The van der Waals surface area contributed by atoms with Gasteiger partial charge in [-0.15, -0.1) is 11.6 Å². The molecule has 1 atom stereocenters. The van der Waals surface area contributed by atoms with Gasteiger partial charge in [0.15, 0.2) is 11.5 Å². The van der Waals surface area contributed by atoms with Crippen LogP contribution in [0.1, 0.15) is 30.4 Å². The molecule has 0 saturated carbocycles. The maximum Gasteiger partial charge on any atom is 0.161 e. The lowest BCUT2D eigenvalue weighted by molar-refractivity contribution is 0.287. The Morgan fingerprint density at radius 2 is 1.62 bits per heavy atom. The predicted molar refractivity (Wildman–Crippen MR) is 87.9 cm³/mol. The first-order valence-corrected chi connectivity index (χ1v) is 7.76. The lowest BCUT2D eigenvalue weighted by atomic mass is 10.0. The summed E-state index contributed by atoms with van der Waals surface area (Å²) in [5.41, 5.74) is 1.81. The van der Waals surface area contributed by atoms with Crippen molar-refractivity contribution in [2.45, 2.75) is 19.2 Å². The Morgan fingerprint density at radius 3 is 2.29 bits per heavy atom. The number of hydrogen-bond acceptors (Lipinski definition) is 2.